The molecule has 1 aromatic rings. The number of rotatable bonds is 4. The van der Waals surface area contributed by atoms with Crippen LogP contribution in [0.4, 0.5) is 0 Å². The van der Waals surface area contributed by atoms with Crippen molar-refractivity contribution in [2.75, 3.05) is 6.61 Å². The average Bonchev–Trinajstić information content (AvgIpc) is 2.53. The summed E-state index contributed by atoms with van der Waals surface area (Å²) in [5.41, 5.74) is 0. The van der Waals surface area contributed by atoms with E-state index in [-0.39, 0.29) is 0 Å². The van der Waals surface area contributed by atoms with E-state index in [1.807, 2.05) is 30.5 Å². The Hall–Kier alpha value is -0.500. The molecule has 64 valence electrons. The zero-order valence-electron chi connectivity index (χ0n) is 6.77. The monoisotopic (exact) mass is 201 g/mol. The molecule has 0 aliphatic heterocycles. The lowest BCUT2D eigenvalue weighted by molar-refractivity contribution is 0.356. The Morgan fingerprint density at radius 1 is 1.75 bits per heavy atom. The molecule has 1 rings (SSSR count). The topological polar surface area (TPSA) is 26.3 Å². The van der Waals surface area contributed by atoms with Crippen LogP contribution in [0.25, 0.3) is 6.08 Å². The van der Waals surface area contributed by atoms with Crippen LogP contribution in [0, 0.1) is 0 Å². The fraction of sp³-hybridized carbons (Fsp3) is 0.250. The van der Waals surface area contributed by atoms with Crippen LogP contribution in [0.3, 0.4) is 0 Å². The van der Waals surface area contributed by atoms with Gasteiger partial charge in [0.2, 0.25) is 0 Å². The first-order valence-corrected chi connectivity index (χ1v) is 5.76. The van der Waals surface area contributed by atoms with Gasteiger partial charge in [-0.3, -0.25) is 0 Å². The minimum Gasteiger partial charge on any atom is -0.144 e. The van der Waals surface area contributed by atoms with Gasteiger partial charge in [0.1, 0.15) is 6.61 Å². The molecule has 0 radical (unpaired) electrons. The SMILES string of the molecule is CCO[P+](=O)/C=C/c1cccs1. The molecule has 0 amide bonds. The van der Waals surface area contributed by atoms with E-state index in [1.165, 1.54) is 0 Å². The van der Waals surface area contributed by atoms with Gasteiger partial charge in [0.05, 0.1) is 0 Å². The van der Waals surface area contributed by atoms with E-state index in [2.05, 4.69) is 0 Å². The van der Waals surface area contributed by atoms with E-state index >= 15 is 0 Å². The van der Waals surface area contributed by atoms with Crippen LogP contribution in [0.1, 0.15) is 11.8 Å². The summed E-state index contributed by atoms with van der Waals surface area (Å²) in [6.07, 6.45) is 1.82. The fourth-order valence-corrected chi connectivity index (χ4v) is 2.03. The summed E-state index contributed by atoms with van der Waals surface area (Å²) >= 11 is 1.61. The summed E-state index contributed by atoms with van der Waals surface area (Å²) < 4.78 is 15.8. The highest BCUT2D eigenvalue weighted by Gasteiger charge is 2.09. The molecule has 2 nitrogen and oxygen atoms in total. The van der Waals surface area contributed by atoms with Crippen molar-refractivity contribution in [3.05, 3.63) is 28.2 Å². The van der Waals surface area contributed by atoms with E-state index < -0.39 is 8.03 Å². The third-order valence-electron chi connectivity index (χ3n) is 1.16. The molecule has 0 fully saturated rings. The van der Waals surface area contributed by atoms with Gasteiger partial charge < -0.3 is 0 Å². The minimum atomic E-state index is -1.61. The lowest BCUT2D eigenvalue weighted by atomic mass is 10.5. The van der Waals surface area contributed by atoms with E-state index in [1.54, 1.807) is 17.2 Å². The average molecular weight is 201 g/mol. The predicted molar refractivity (Wildman–Crippen MR) is 52.6 cm³/mol. The molecule has 0 spiro atoms. The van der Waals surface area contributed by atoms with Gasteiger partial charge in [-0.2, -0.15) is 0 Å². The number of thiophene rings is 1. The Balaban J connectivity index is 2.45. The lowest BCUT2D eigenvalue weighted by Gasteiger charge is -1.77. The van der Waals surface area contributed by atoms with Gasteiger partial charge in [-0.25, -0.2) is 0 Å². The molecule has 1 unspecified atom stereocenters. The van der Waals surface area contributed by atoms with Crippen molar-refractivity contribution in [1.82, 2.24) is 0 Å². The molecule has 0 aliphatic rings. The van der Waals surface area contributed by atoms with Crippen LogP contribution in [0.5, 0.6) is 0 Å². The summed E-state index contributed by atoms with van der Waals surface area (Å²) in [6, 6.07) is 3.92. The van der Waals surface area contributed by atoms with Gasteiger partial charge in [-0.1, -0.05) is 6.07 Å². The van der Waals surface area contributed by atoms with Crippen LogP contribution in [0.2, 0.25) is 0 Å². The molecule has 12 heavy (non-hydrogen) atoms. The Kier molecular flexibility index (Phi) is 4.15. The van der Waals surface area contributed by atoms with E-state index in [9.17, 15) is 4.57 Å². The highest BCUT2D eigenvalue weighted by molar-refractivity contribution is 7.43. The second kappa shape index (κ2) is 5.20. The molecule has 0 bridgehead atoms. The van der Waals surface area contributed by atoms with Crippen molar-refractivity contribution < 1.29 is 9.09 Å². The molecule has 4 heteroatoms. The van der Waals surface area contributed by atoms with Gasteiger partial charge in [0.15, 0.2) is 5.82 Å². The van der Waals surface area contributed by atoms with Gasteiger partial charge in [0.25, 0.3) is 0 Å². The third kappa shape index (κ3) is 3.26. The Bertz CT molecular complexity index is 267. The quantitative estimate of drug-likeness (QED) is 0.697. The second-order valence-electron chi connectivity index (χ2n) is 2.03. The fourth-order valence-electron chi connectivity index (χ4n) is 0.691. The zero-order valence-corrected chi connectivity index (χ0v) is 8.48. The van der Waals surface area contributed by atoms with Crippen LogP contribution >= 0.6 is 19.4 Å². The van der Waals surface area contributed by atoms with Gasteiger partial charge >= 0.3 is 8.03 Å². The molecule has 1 heterocycles. The largest absolute Gasteiger partial charge is 0.540 e. The molecule has 0 aromatic carbocycles. The Morgan fingerprint density at radius 2 is 2.58 bits per heavy atom. The van der Waals surface area contributed by atoms with E-state index in [0.29, 0.717) is 6.61 Å². The maximum absolute atomic E-state index is 11.0. The van der Waals surface area contributed by atoms with Crippen molar-refractivity contribution in [3.8, 4) is 0 Å². The maximum atomic E-state index is 11.0. The highest BCUT2D eigenvalue weighted by Crippen LogP contribution is 2.25. The molecule has 1 atom stereocenters. The summed E-state index contributed by atoms with van der Waals surface area (Å²) in [6.45, 7) is 2.32. The number of hydrogen-bond acceptors (Lipinski definition) is 3. The van der Waals surface area contributed by atoms with Crippen molar-refractivity contribution in [2.45, 2.75) is 6.92 Å². The lowest BCUT2D eigenvalue weighted by Crippen LogP contribution is -1.72. The Labute approximate surface area is 76.7 Å². The zero-order chi connectivity index (χ0) is 8.81. The van der Waals surface area contributed by atoms with Crippen molar-refractivity contribution >= 4 is 25.4 Å². The molecule has 0 saturated heterocycles. The molecular formula is C8H10O2PS+. The van der Waals surface area contributed by atoms with E-state index in [4.69, 9.17) is 4.52 Å². The van der Waals surface area contributed by atoms with Crippen molar-refractivity contribution in [2.24, 2.45) is 0 Å². The maximum Gasteiger partial charge on any atom is 0.540 e. The Morgan fingerprint density at radius 3 is 3.17 bits per heavy atom. The first-order chi connectivity index (χ1) is 5.83. The predicted octanol–water partition coefficient (Wildman–Crippen LogP) is 3.50. The van der Waals surface area contributed by atoms with Gasteiger partial charge in [-0.15, -0.1) is 15.9 Å². The molecule has 0 aliphatic carbocycles. The summed E-state index contributed by atoms with van der Waals surface area (Å²) in [5, 5.41) is 1.98. The van der Waals surface area contributed by atoms with Crippen LogP contribution in [-0.2, 0) is 9.09 Å². The third-order valence-corrected chi connectivity index (χ3v) is 2.90. The molecule has 1 aromatic heterocycles. The van der Waals surface area contributed by atoms with Crippen LogP contribution in [0.15, 0.2) is 23.3 Å². The summed E-state index contributed by atoms with van der Waals surface area (Å²) in [7, 11) is -1.61. The first-order valence-electron chi connectivity index (χ1n) is 3.64. The van der Waals surface area contributed by atoms with Crippen LogP contribution in [-0.4, -0.2) is 6.61 Å². The summed E-state index contributed by atoms with van der Waals surface area (Å²) in [5.74, 6) is 1.59. The summed E-state index contributed by atoms with van der Waals surface area (Å²) in [4.78, 5) is 1.10. The van der Waals surface area contributed by atoms with Gasteiger partial charge in [-0.05, 0) is 22.9 Å². The first kappa shape index (κ1) is 9.59. The van der Waals surface area contributed by atoms with Crippen molar-refractivity contribution in [3.63, 3.8) is 0 Å². The smallest absolute Gasteiger partial charge is 0.144 e. The van der Waals surface area contributed by atoms with Crippen LogP contribution < -0.4 is 0 Å². The number of hydrogen-bond donors (Lipinski definition) is 0. The minimum absolute atomic E-state index is 0.490. The normalized spacial score (nSPS) is 12.2. The second-order valence-corrected chi connectivity index (χ2v) is 4.14. The van der Waals surface area contributed by atoms with Gasteiger partial charge in [0, 0.05) is 11.0 Å². The standard InChI is InChI=1S/C8H10O2PS/c1-2-10-11(9)6-5-8-4-3-7-12-8/h3-7H,2H2,1H3/q+1/b6-5+. The molecule has 0 N–H and O–H groups in total. The van der Waals surface area contributed by atoms with E-state index in [0.717, 1.165) is 4.88 Å². The molecule has 0 saturated carbocycles. The van der Waals surface area contributed by atoms with Crippen molar-refractivity contribution in [1.29, 1.82) is 0 Å². The molecular weight excluding hydrogens is 191 g/mol. The highest BCUT2D eigenvalue weighted by atomic mass is 32.1.